The Bertz CT molecular complexity index is 951. The third-order valence-electron chi connectivity index (χ3n) is 6.46. The number of amides is 1. The highest BCUT2D eigenvalue weighted by atomic mass is 16.2. The third kappa shape index (κ3) is 3.26. The maximum absolute atomic E-state index is 13.4. The van der Waals surface area contributed by atoms with Gasteiger partial charge in [0.2, 0.25) is 5.91 Å². The molecular weight excluding hydrogens is 352 g/mol. The monoisotopic (exact) mass is 378 g/mol. The van der Waals surface area contributed by atoms with Gasteiger partial charge in [0.1, 0.15) is 5.82 Å². The van der Waals surface area contributed by atoms with Crippen molar-refractivity contribution >= 4 is 5.91 Å². The molecule has 28 heavy (non-hydrogen) atoms. The highest BCUT2D eigenvalue weighted by molar-refractivity contribution is 5.80. The normalized spacial score (nSPS) is 24.5. The zero-order valence-corrected chi connectivity index (χ0v) is 16.2. The van der Waals surface area contributed by atoms with Crippen molar-refractivity contribution < 1.29 is 4.79 Å². The molecule has 2 aromatic rings. The standard InChI is InChI=1S/C22H26N4O2/c1-14-23-20-13-26(12-19(20)21(27)24-14)22(28)18-11-25(10-17(18)16-7-8-16)9-15-5-3-2-4-6-15/h2-6,16-18H,7-13H2,1H3,(H,23,24,27)/t17-,18+/m0/s1. The van der Waals surface area contributed by atoms with Gasteiger partial charge in [-0.05, 0) is 37.2 Å². The van der Waals surface area contributed by atoms with Crippen molar-refractivity contribution in [1.82, 2.24) is 19.8 Å². The van der Waals surface area contributed by atoms with Crippen LogP contribution in [0.25, 0.3) is 0 Å². The summed E-state index contributed by atoms with van der Waals surface area (Å²) in [4.78, 5) is 37.1. The SMILES string of the molecule is Cc1nc2c(c(=O)[nH]1)CN(C(=O)[C@@H]1CN(Cc3ccccc3)C[C@H]1C1CC1)C2. The average Bonchev–Trinajstić information content (AvgIpc) is 3.30. The van der Waals surface area contributed by atoms with E-state index in [2.05, 4.69) is 39.1 Å². The summed E-state index contributed by atoms with van der Waals surface area (Å²) < 4.78 is 0. The number of hydrogen-bond acceptors (Lipinski definition) is 4. The van der Waals surface area contributed by atoms with E-state index < -0.39 is 0 Å². The molecule has 2 fully saturated rings. The largest absolute Gasteiger partial charge is 0.332 e. The van der Waals surface area contributed by atoms with Gasteiger partial charge < -0.3 is 9.88 Å². The minimum atomic E-state index is -0.103. The summed E-state index contributed by atoms with van der Waals surface area (Å²) in [6.07, 6.45) is 2.49. The Hall–Kier alpha value is -2.47. The van der Waals surface area contributed by atoms with Crippen LogP contribution < -0.4 is 5.56 Å². The Balaban J connectivity index is 1.32. The molecule has 5 rings (SSSR count). The van der Waals surface area contributed by atoms with E-state index in [9.17, 15) is 9.59 Å². The summed E-state index contributed by atoms with van der Waals surface area (Å²) in [5, 5.41) is 0. The summed E-state index contributed by atoms with van der Waals surface area (Å²) in [6.45, 7) is 5.34. The maximum Gasteiger partial charge on any atom is 0.256 e. The number of hydrogen-bond donors (Lipinski definition) is 1. The lowest BCUT2D eigenvalue weighted by molar-refractivity contribution is -0.137. The predicted molar refractivity (Wildman–Crippen MR) is 105 cm³/mol. The van der Waals surface area contributed by atoms with Gasteiger partial charge >= 0.3 is 0 Å². The Labute approximate surface area is 164 Å². The lowest BCUT2D eigenvalue weighted by atomic mass is 9.90. The number of carbonyl (C=O) groups is 1. The molecular formula is C22H26N4O2. The number of likely N-dealkylation sites (tertiary alicyclic amines) is 1. The number of benzene rings is 1. The minimum absolute atomic E-state index is 0.0331. The topological polar surface area (TPSA) is 69.3 Å². The van der Waals surface area contributed by atoms with E-state index in [0.29, 0.717) is 36.3 Å². The van der Waals surface area contributed by atoms with Gasteiger partial charge in [-0.3, -0.25) is 14.5 Å². The summed E-state index contributed by atoms with van der Waals surface area (Å²) >= 11 is 0. The summed E-state index contributed by atoms with van der Waals surface area (Å²) in [5.41, 5.74) is 2.61. The van der Waals surface area contributed by atoms with Gasteiger partial charge in [-0.2, -0.15) is 0 Å². The second kappa shape index (κ2) is 6.85. The molecule has 2 aliphatic heterocycles. The number of rotatable bonds is 4. The molecule has 1 amide bonds. The van der Waals surface area contributed by atoms with E-state index in [1.54, 1.807) is 6.92 Å². The highest BCUT2D eigenvalue weighted by Crippen LogP contribution is 2.45. The van der Waals surface area contributed by atoms with Gasteiger partial charge in [-0.25, -0.2) is 4.98 Å². The Morgan fingerprint density at radius 3 is 2.71 bits per heavy atom. The lowest BCUT2D eigenvalue weighted by Gasteiger charge is -2.23. The predicted octanol–water partition coefficient (Wildman–Crippen LogP) is 2.08. The Morgan fingerprint density at radius 1 is 1.18 bits per heavy atom. The van der Waals surface area contributed by atoms with Crippen molar-refractivity contribution in [2.24, 2.45) is 17.8 Å². The minimum Gasteiger partial charge on any atom is -0.332 e. The van der Waals surface area contributed by atoms with Gasteiger partial charge in [0.05, 0.1) is 30.3 Å². The van der Waals surface area contributed by atoms with Crippen LogP contribution in [0.1, 0.15) is 35.5 Å². The highest BCUT2D eigenvalue weighted by Gasteiger charge is 2.47. The fourth-order valence-electron chi connectivity index (χ4n) is 4.93. The molecule has 6 heteroatoms. The van der Waals surface area contributed by atoms with E-state index in [1.165, 1.54) is 18.4 Å². The van der Waals surface area contributed by atoms with Crippen LogP contribution in [-0.2, 0) is 24.4 Å². The van der Waals surface area contributed by atoms with E-state index in [0.717, 1.165) is 25.3 Å². The van der Waals surface area contributed by atoms with Crippen LogP contribution in [0.2, 0.25) is 0 Å². The second-order valence-electron chi connectivity index (χ2n) is 8.56. The molecule has 6 nitrogen and oxygen atoms in total. The molecule has 0 unspecified atom stereocenters. The molecule has 2 atom stereocenters. The van der Waals surface area contributed by atoms with Gasteiger partial charge in [0, 0.05) is 19.6 Å². The smallest absolute Gasteiger partial charge is 0.256 e. The fraction of sp³-hybridized carbons (Fsp3) is 0.500. The van der Waals surface area contributed by atoms with Crippen LogP contribution in [0.4, 0.5) is 0 Å². The molecule has 1 aromatic heterocycles. The number of carbonyl (C=O) groups excluding carboxylic acids is 1. The number of nitrogens with zero attached hydrogens (tertiary/aromatic N) is 3. The van der Waals surface area contributed by atoms with Crippen LogP contribution in [0, 0.1) is 24.7 Å². The van der Waals surface area contributed by atoms with Crippen molar-refractivity contribution in [1.29, 1.82) is 0 Å². The molecule has 1 N–H and O–H groups in total. The molecule has 0 bridgehead atoms. The lowest BCUT2D eigenvalue weighted by Crippen LogP contribution is -2.37. The van der Waals surface area contributed by atoms with Crippen molar-refractivity contribution in [3.05, 3.63) is 63.3 Å². The van der Waals surface area contributed by atoms with Gasteiger partial charge in [0.15, 0.2) is 0 Å². The number of H-pyrrole nitrogens is 1. The van der Waals surface area contributed by atoms with Gasteiger partial charge in [-0.15, -0.1) is 0 Å². The quantitative estimate of drug-likeness (QED) is 0.884. The molecule has 1 saturated heterocycles. The molecule has 0 spiro atoms. The molecule has 1 aliphatic carbocycles. The van der Waals surface area contributed by atoms with Crippen LogP contribution in [-0.4, -0.2) is 38.8 Å². The molecule has 146 valence electrons. The Kier molecular flexibility index (Phi) is 4.31. The van der Waals surface area contributed by atoms with Crippen molar-refractivity contribution in [2.45, 2.75) is 39.4 Å². The van der Waals surface area contributed by atoms with E-state index in [4.69, 9.17) is 0 Å². The molecule has 3 aliphatic rings. The zero-order chi connectivity index (χ0) is 19.3. The first-order valence-corrected chi connectivity index (χ1v) is 10.2. The summed E-state index contributed by atoms with van der Waals surface area (Å²) in [7, 11) is 0. The van der Waals surface area contributed by atoms with Crippen molar-refractivity contribution in [2.75, 3.05) is 13.1 Å². The summed E-state index contributed by atoms with van der Waals surface area (Å²) in [6, 6.07) is 10.5. The number of fused-ring (bicyclic) bond motifs is 1. The van der Waals surface area contributed by atoms with Crippen molar-refractivity contribution in [3.63, 3.8) is 0 Å². The van der Waals surface area contributed by atoms with Crippen LogP contribution in [0.3, 0.4) is 0 Å². The first-order chi connectivity index (χ1) is 13.6. The molecule has 1 aromatic carbocycles. The van der Waals surface area contributed by atoms with E-state index in [1.807, 2.05) is 11.0 Å². The number of aromatic amines is 1. The van der Waals surface area contributed by atoms with E-state index >= 15 is 0 Å². The van der Waals surface area contributed by atoms with E-state index in [-0.39, 0.29) is 17.4 Å². The Morgan fingerprint density at radius 2 is 1.96 bits per heavy atom. The van der Waals surface area contributed by atoms with Crippen LogP contribution >= 0.6 is 0 Å². The fourth-order valence-corrected chi connectivity index (χ4v) is 4.93. The van der Waals surface area contributed by atoms with Gasteiger partial charge in [0.25, 0.3) is 5.56 Å². The maximum atomic E-state index is 13.4. The number of aryl methyl sites for hydroxylation is 1. The zero-order valence-electron chi connectivity index (χ0n) is 16.2. The van der Waals surface area contributed by atoms with Crippen LogP contribution in [0.5, 0.6) is 0 Å². The van der Waals surface area contributed by atoms with Crippen molar-refractivity contribution in [3.8, 4) is 0 Å². The first-order valence-electron chi connectivity index (χ1n) is 10.2. The third-order valence-corrected chi connectivity index (χ3v) is 6.46. The number of aromatic nitrogens is 2. The number of nitrogens with one attached hydrogen (secondary N) is 1. The molecule has 1 saturated carbocycles. The first kappa shape index (κ1) is 17.6. The summed E-state index contributed by atoms with van der Waals surface area (Å²) in [5.74, 6) is 1.97. The second-order valence-corrected chi connectivity index (χ2v) is 8.56. The van der Waals surface area contributed by atoms with Crippen LogP contribution in [0.15, 0.2) is 35.1 Å². The van der Waals surface area contributed by atoms with Gasteiger partial charge in [-0.1, -0.05) is 30.3 Å². The average molecular weight is 378 g/mol. The molecule has 3 heterocycles. The molecule has 0 radical (unpaired) electrons.